The Bertz CT molecular complexity index is 916. The maximum absolute atomic E-state index is 10.7. The highest BCUT2D eigenvalue weighted by Crippen LogP contribution is 2.28. The molecule has 2 aromatic carbocycles. The van der Waals surface area contributed by atoms with Gasteiger partial charge in [-0.1, -0.05) is 205 Å². The van der Waals surface area contributed by atoms with Crippen molar-refractivity contribution in [2.75, 3.05) is 0 Å². The van der Waals surface area contributed by atoms with Gasteiger partial charge in [0.25, 0.3) is 0 Å². The Morgan fingerprint density at radius 1 is 0.340 bits per heavy atom. The van der Waals surface area contributed by atoms with E-state index in [1.807, 2.05) is 12.1 Å². The molecule has 2 rings (SSSR count). The number of unbranched alkanes of at least 4 members (excludes halogenated alkanes) is 26. The zero-order chi connectivity index (χ0) is 33.6. The molecule has 0 saturated heterocycles. The number of hydrogen-bond acceptors (Lipinski definition) is 2. The fourth-order valence-electron chi connectivity index (χ4n) is 7.08. The van der Waals surface area contributed by atoms with Gasteiger partial charge >= 0.3 is 0 Å². The van der Waals surface area contributed by atoms with Gasteiger partial charge in [-0.2, -0.15) is 0 Å². The third-order valence-electron chi connectivity index (χ3n) is 10.3. The molecular weight excluding hydrogens is 572 g/mol. The van der Waals surface area contributed by atoms with Crippen LogP contribution in [0.3, 0.4) is 0 Å². The van der Waals surface area contributed by atoms with E-state index in [9.17, 15) is 10.2 Å². The van der Waals surface area contributed by atoms with Crippen molar-refractivity contribution in [3.63, 3.8) is 0 Å². The maximum Gasteiger partial charge on any atom is 0.119 e. The Labute approximate surface area is 292 Å². The quantitative estimate of drug-likeness (QED) is 0.0775. The van der Waals surface area contributed by atoms with E-state index in [2.05, 4.69) is 38.1 Å². The van der Waals surface area contributed by atoms with Crippen molar-refractivity contribution >= 4 is 0 Å². The summed E-state index contributed by atoms with van der Waals surface area (Å²) >= 11 is 0. The lowest BCUT2D eigenvalue weighted by Crippen LogP contribution is -1.94. The molecule has 0 aliphatic carbocycles. The van der Waals surface area contributed by atoms with Gasteiger partial charge in [-0.15, -0.1) is 0 Å². The second-order valence-corrected chi connectivity index (χ2v) is 14.8. The summed E-state index contributed by atoms with van der Waals surface area (Å²) in [5.74, 6) is 0.720. The van der Waals surface area contributed by atoms with Gasteiger partial charge in [0.1, 0.15) is 11.5 Å². The summed E-state index contributed by atoms with van der Waals surface area (Å²) in [6.45, 7) is 4.58. The average Bonchev–Trinajstić information content (AvgIpc) is 3.07. The largest absolute Gasteiger partial charge is 0.508 e. The molecule has 47 heavy (non-hydrogen) atoms. The summed E-state index contributed by atoms with van der Waals surface area (Å²) < 4.78 is 0. The van der Waals surface area contributed by atoms with Crippen LogP contribution in [0.5, 0.6) is 11.5 Å². The molecule has 0 fully saturated rings. The molecule has 0 radical (unpaired) electrons. The van der Waals surface area contributed by atoms with E-state index in [1.54, 1.807) is 0 Å². The first-order chi connectivity index (χ1) is 23.1. The van der Waals surface area contributed by atoms with Crippen LogP contribution in [0.1, 0.15) is 216 Å². The summed E-state index contributed by atoms with van der Waals surface area (Å²) in [5.41, 5.74) is 4.23. The van der Waals surface area contributed by atoms with Gasteiger partial charge in [0.2, 0.25) is 0 Å². The van der Waals surface area contributed by atoms with Crippen LogP contribution in [0.15, 0.2) is 36.4 Å². The normalized spacial score (nSPS) is 11.4. The predicted octanol–water partition coefficient (Wildman–Crippen LogP) is 14.7. The lowest BCUT2D eigenvalue weighted by molar-refractivity contribution is 0.462. The number of benzene rings is 2. The van der Waals surface area contributed by atoms with Crippen LogP contribution < -0.4 is 0 Å². The molecular formula is C45H76O2. The highest BCUT2D eigenvalue weighted by atomic mass is 16.3. The molecule has 0 amide bonds. The number of phenolic OH excluding ortho intramolecular Hbond substituents is 2. The zero-order valence-corrected chi connectivity index (χ0v) is 31.3. The van der Waals surface area contributed by atoms with Crippen molar-refractivity contribution in [3.8, 4) is 11.5 Å². The third-order valence-corrected chi connectivity index (χ3v) is 10.3. The lowest BCUT2D eigenvalue weighted by atomic mass is 9.97. The highest BCUT2D eigenvalue weighted by molar-refractivity contribution is 5.44. The minimum absolute atomic E-state index is 0.360. The van der Waals surface area contributed by atoms with Crippen molar-refractivity contribution in [1.29, 1.82) is 0 Å². The van der Waals surface area contributed by atoms with Crippen LogP contribution in [0, 0.1) is 0 Å². The van der Waals surface area contributed by atoms with Crippen molar-refractivity contribution in [1.82, 2.24) is 0 Å². The molecule has 0 aromatic heterocycles. The van der Waals surface area contributed by atoms with Crippen molar-refractivity contribution in [3.05, 3.63) is 58.7 Å². The molecule has 0 bridgehead atoms. The fourth-order valence-corrected chi connectivity index (χ4v) is 7.08. The molecule has 0 aliphatic heterocycles. The smallest absolute Gasteiger partial charge is 0.119 e. The van der Waals surface area contributed by atoms with Gasteiger partial charge < -0.3 is 10.2 Å². The van der Waals surface area contributed by atoms with Crippen molar-refractivity contribution in [2.24, 2.45) is 0 Å². The number of aromatic hydroxyl groups is 2. The van der Waals surface area contributed by atoms with E-state index >= 15 is 0 Å². The van der Waals surface area contributed by atoms with Crippen LogP contribution in [-0.4, -0.2) is 10.2 Å². The van der Waals surface area contributed by atoms with Gasteiger partial charge in [-0.05, 0) is 60.1 Å². The minimum Gasteiger partial charge on any atom is -0.508 e. The molecule has 0 unspecified atom stereocenters. The van der Waals surface area contributed by atoms with E-state index in [0.717, 1.165) is 24.0 Å². The molecule has 2 N–H and O–H groups in total. The number of rotatable bonds is 32. The number of aryl methyl sites for hydroxylation is 2. The van der Waals surface area contributed by atoms with Crippen LogP contribution in [0.4, 0.5) is 0 Å². The average molecular weight is 649 g/mol. The zero-order valence-electron chi connectivity index (χ0n) is 31.3. The van der Waals surface area contributed by atoms with Crippen molar-refractivity contribution in [2.45, 2.75) is 213 Å². The van der Waals surface area contributed by atoms with Gasteiger partial charge in [-0.25, -0.2) is 0 Å². The number of hydrogen-bond donors (Lipinski definition) is 2. The van der Waals surface area contributed by atoms with Gasteiger partial charge in [-0.3, -0.25) is 0 Å². The third kappa shape index (κ3) is 21.6. The highest BCUT2D eigenvalue weighted by Gasteiger charge is 2.09. The second kappa shape index (κ2) is 29.0. The molecule has 2 nitrogen and oxygen atoms in total. The van der Waals surface area contributed by atoms with E-state index in [-0.39, 0.29) is 0 Å². The Morgan fingerprint density at radius 3 is 0.851 bits per heavy atom. The van der Waals surface area contributed by atoms with Gasteiger partial charge in [0.05, 0.1) is 0 Å². The Balaban J connectivity index is 1.51. The molecule has 0 spiro atoms. The fraction of sp³-hybridized carbons (Fsp3) is 0.733. The molecule has 0 atom stereocenters. The van der Waals surface area contributed by atoms with Crippen LogP contribution in [-0.2, 0) is 19.3 Å². The number of phenols is 2. The summed E-state index contributed by atoms with van der Waals surface area (Å²) in [7, 11) is 0. The van der Waals surface area contributed by atoms with Crippen LogP contribution in [0.25, 0.3) is 0 Å². The topological polar surface area (TPSA) is 40.5 Å². The second-order valence-electron chi connectivity index (χ2n) is 14.8. The lowest BCUT2D eigenvalue weighted by Gasteiger charge is -2.11. The van der Waals surface area contributed by atoms with E-state index in [0.29, 0.717) is 17.9 Å². The first-order valence-electron chi connectivity index (χ1n) is 20.8. The Morgan fingerprint density at radius 2 is 0.596 bits per heavy atom. The Hall–Kier alpha value is -1.96. The van der Waals surface area contributed by atoms with Crippen molar-refractivity contribution < 1.29 is 10.2 Å². The maximum atomic E-state index is 10.7. The molecule has 2 heteroatoms. The summed E-state index contributed by atoms with van der Waals surface area (Å²) in [6, 6.07) is 12.3. The minimum atomic E-state index is 0.360. The molecule has 0 saturated carbocycles. The first-order valence-corrected chi connectivity index (χ1v) is 20.8. The van der Waals surface area contributed by atoms with Crippen LogP contribution in [0.2, 0.25) is 0 Å². The van der Waals surface area contributed by atoms with E-state index in [4.69, 9.17) is 0 Å². The molecule has 2 aromatic rings. The van der Waals surface area contributed by atoms with Gasteiger partial charge in [0.15, 0.2) is 0 Å². The SMILES string of the molecule is CCCCCCCCCCCCCCCCc1ccc(Cc2ccc(CCCCCCCCCCCCCCCC)cc2O)c(O)c1. The first kappa shape index (κ1) is 41.2. The Kier molecular flexibility index (Phi) is 25.4. The van der Waals surface area contributed by atoms with Gasteiger partial charge in [0, 0.05) is 6.42 Å². The molecule has 268 valence electrons. The van der Waals surface area contributed by atoms with E-state index in [1.165, 1.54) is 191 Å². The molecule has 0 aliphatic rings. The summed E-state index contributed by atoms with van der Waals surface area (Å²) in [6.07, 6.45) is 41.2. The predicted molar refractivity (Wildman–Crippen MR) is 207 cm³/mol. The van der Waals surface area contributed by atoms with Crippen LogP contribution >= 0.6 is 0 Å². The summed E-state index contributed by atoms with van der Waals surface area (Å²) in [4.78, 5) is 0. The summed E-state index contributed by atoms with van der Waals surface area (Å²) in [5, 5.41) is 21.5. The molecule has 0 heterocycles. The standard InChI is InChI=1S/C45H76O2/c1-3-5-7-9-11-13-15-17-19-21-23-25-27-29-31-40-33-35-42(44(46)37-40)39-43-36-34-41(38-45(43)47)32-30-28-26-24-22-20-18-16-14-12-10-8-6-4-2/h33-38,46-47H,3-32,39H2,1-2H3. The van der Waals surface area contributed by atoms with E-state index < -0.39 is 0 Å². The monoisotopic (exact) mass is 649 g/mol.